The van der Waals surface area contributed by atoms with Gasteiger partial charge in [-0.2, -0.15) is 0 Å². The third kappa shape index (κ3) is 24.6. The van der Waals surface area contributed by atoms with E-state index in [1.54, 1.807) is 6.07 Å². The minimum absolute atomic E-state index is 0. The van der Waals surface area contributed by atoms with Gasteiger partial charge in [0.25, 0.3) is 0 Å². The molecular formula is C111H94BIO2P4Pd. The van der Waals surface area contributed by atoms with E-state index < -0.39 is 38.8 Å². The van der Waals surface area contributed by atoms with Gasteiger partial charge in [-0.3, -0.25) is 0 Å². The maximum Gasteiger partial charge on any atom is 0.488 e. The van der Waals surface area contributed by atoms with Gasteiger partial charge in [0, 0.05) is 24.0 Å². The molecule has 0 amide bonds. The molecule has 590 valence electrons. The van der Waals surface area contributed by atoms with Crippen LogP contribution in [0.3, 0.4) is 0 Å². The van der Waals surface area contributed by atoms with Crippen LogP contribution >= 0.6 is 54.3 Å². The molecule has 18 aromatic rings. The second-order valence-electron chi connectivity index (χ2n) is 27.9. The summed E-state index contributed by atoms with van der Waals surface area (Å²) < 4.78 is 1.29. The van der Waals surface area contributed by atoms with Gasteiger partial charge in [-0.1, -0.05) is 499 Å². The van der Waals surface area contributed by atoms with E-state index in [2.05, 4.69) is 484 Å². The molecule has 0 unspecified atom stereocenters. The fourth-order valence-electron chi connectivity index (χ4n) is 14.4. The molecular weight excluding hydrogens is 1730 g/mol. The third-order valence-electron chi connectivity index (χ3n) is 19.9. The fourth-order valence-corrected chi connectivity index (χ4v) is 24.0. The van der Waals surface area contributed by atoms with Crippen LogP contribution in [0.2, 0.25) is 0 Å². The molecule has 0 aromatic heterocycles. The molecule has 0 atom stereocenters. The van der Waals surface area contributed by atoms with Crippen molar-refractivity contribution in [1.82, 2.24) is 0 Å². The Morgan fingerprint density at radius 1 is 0.192 bits per heavy atom. The summed E-state index contributed by atoms with van der Waals surface area (Å²) in [6.45, 7) is 0. The van der Waals surface area contributed by atoms with Crippen LogP contribution in [0.5, 0.6) is 0 Å². The van der Waals surface area contributed by atoms with Crippen LogP contribution in [0.4, 0.5) is 0 Å². The van der Waals surface area contributed by atoms with Crippen LogP contribution in [0.15, 0.2) is 510 Å². The minimum Gasteiger partial charge on any atom is -0.423 e. The first-order valence-electron chi connectivity index (χ1n) is 39.7. The summed E-state index contributed by atoms with van der Waals surface area (Å²) in [5.74, 6) is 0. The molecule has 20 rings (SSSR count). The smallest absolute Gasteiger partial charge is 0.423 e. The number of hydrogen-bond donors (Lipinski definition) is 2. The van der Waals surface area contributed by atoms with E-state index in [9.17, 15) is 0 Å². The second-order valence-corrected chi connectivity index (χ2v) is 38.0. The summed E-state index contributed by atoms with van der Waals surface area (Å²) in [5.41, 5.74) is 13.7. The van der Waals surface area contributed by atoms with Crippen LogP contribution in [0, 0.1) is 3.57 Å². The molecule has 0 spiro atoms. The third-order valence-corrected chi connectivity index (χ3v) is 30.4. The molecule has 2 nitrogen and oxygen atoms in total. The van der Waals surface area contributed by atoms with Crippen molar-refractivity contribution in [3.63, 3.8) is 0 Å². The Morgan fingerprint density at radius 3 is 0.608 bits per heavy atom. The average molecular weight is 1830 g/mol. The van der Waals surface area contributed by atoms with Crippen LogP contribution in [0.1, 0.15) is 29.7 Å². The van der Waals surface area contributed by atoms with E-state index >= 15 is 0 Å². The van der Waals surface area contributed by atoms with Crippen LogP contribution in [-0.4, -0.2) is 17.2 Å². The summed E-state index contributed by atoms with van der Waals surface area (Å²) in [5, 5.41) is 35.1. The molecule has 120 heavy (non-hydrogen) atoms. The molecule has 0 saturated carbocycles. The molecule has 9 heteroatoms. The fraction of sp³-hybridized carbons (Fsp3) is 0.0270. The molecule has 2 aliphatic rings. The molecule has 0 radical (unpaired) electrons. The molecule has 0 bridgehead atoms. The van der Waals surface area contributed by atoms with Gasteiger partial charge >= 0.3 is 7.12 Å². The molecule has 0 fully saturated rings. The van der Waals surface area contributed by atoms with Gasteiger partial charge < -0.3 is 10.0 Å². The maximum absolute atomic E-state index is 9.16. The number of halogens is 1. The van der Waals surface area contributed by atoms with Gasteiger partial charge in [0.05, 0.1) is 0 Å². The number of benzene rings is 18. The zero-order chi connectivity index (χ0) is 80.6. The van der Waals surface area contributed by atoms with Gasteiger partial charge in [-0.15, -0.1) is 0 Å². The molecule has 0 saturated heterocycles. The van der Waals surface area contributed by atoms with Crippen molar-refractivity contribution in [3.8, 4) is 33.4 Å². The summed E-state index contributed by atoms with van der Waals surface area (Å²) in [7, 11) is -3.17. The van der Waals surface area contributed by atoms with E-state index in [4.69, 9.17) is 10.0 Å². The van der Waals surface area contributed by atoms with Crippen molar-refractivity contribution in [2.24, 2.45) is 0 Å². The Hall–Kier alpha value is -10.9. The van der Waals surface area contributed by atoms with Crippen LogP contribution in [0.25, 0.3) is 33.4 Å². The Morgan fingerprint density at radius 2 is 0.383 bits per heavy atom. The van der Waals surface area contributed by atoms with Gasteiger partial charge in [-0.05, 0) is 210 Å². The molecule has 0 heterocycles. The van der Waals surface area contributed by atoms with Gasteiger partial charge in [0.2, 0.25) is 0 Å². The first kappa shape index (κ1) is 88.3. The standard InChI is InChI=1S/C19H14.4C18H15P.C13H11BO2.C6H5I.CH4.Pd/c1-2-6-14(7-3-1)15-10-11-17-12-16-8-4-5-9-18(16)19(17)13-15;4*1-4-10-16(11-5-1)19(17-12-6-2-7-13-17)18-14-8-3-9-15-18;15-14(16)11-6-5-10-7-9-3-1-2-4-12(9)13(10)8-11;7-6-4-2-1-3-5-6;;/h1-11,13H,12H2;4*1-15H;1-6,8,15-16H,7H2;1-5H;1H4;. The normalized spacial score (nSPS) is 10.7. The van der Waals surface area contributed by atoms with Gasteiger partial charge in [0.15, 0.2) is 0 Å². The molecule has 2 N–H and O–H groups in total. The van der Waals surface area contributed by atoms with Crippen LogP contribution in [-0.2, 0) is 33.3 Å². The molecule has 18 aromatic carbocycles. The predicted octanol–water partition coefficient (Wildman–Crippen LogP) is 22.6. The molecule has 0 aliphatic heterocycles. The second kappa shape index (κ2) is 47.2. The van der Waals surface area contributed by atoms with E-state index in [1.165, 1.54) is 117 Å². The summed E-state index contributed by atoms with van der Waals surface area (Å²) in [6.07, 6.45) is 2.01. The number of fused-ring (bicyclic) bond motifs is 6. The van der Waals surface area contributed by atoms with E-state index in [-0.39, 0.29) is 27.8 Å². The van der Waals surface area contributed by atoms with Crippen LogP contribution < -0.4 is 69.1 Å². The topological polar surface area (TPSA) is 40.5 Å². The van der Waals surface area contributed by atoms with E-state index in [0.717, 1.165) is 18.4 Å². The maximum atomic E-state index is 9.16. The van der Waals surface area contributed by atoms with Crippen molar-refractivity contribution in [1.29, 1.82) is 0 Å². The number of rotatable bonds is 14. The summed E-state index contributed by atoms with van der Waals surface area (Å²) >= 11 is 2.28. The van der Waals surface area contributed by atoms with Crippen molar-refractivity contribution in [2.45, 2.75) is 20.3 Å². The van der Waals surface area contributed by atoms with Crippen molar-refractivity contribution < 1.29 is 30.5 Å². The Labute approximate surface area is 743 Å². The SMILES string of the molecule is C.Ic1ccccc1.OB(O)c1ccc2c(c1)-c1ccccc1C2.[Pd].c1ccc(-c2ccc3c(c2)-c2ccccc2C3)cc1.c1ccc(P(c2ccccc2)c2ccccc2)cc1.c1ccc(P(c2ccccc2)c2ccccc2)cc1.c1ccc(P(c2ccccc2)c2ccccc2)cc1.c1ccc(P(c2ccccc2)c2ccccc2)cc1. The van der Waals surface area contributed by atoms with E-state index in [1.807, 2.05) is 42.5 Å². The molecule has 2 aliphatic carbocycles. The number of hydrogen-bond acceptors (Lipinski definition) is 2. The van der Waals surface area contributed by atoms with Gasteiger partial charge in [-0.25, -0.2) is 0 Å². The summed E-state index contributed by atoms with van der Waals surface area (Å²) in [6, 6.07) is 180. The van der Waals surface area contributed by atoms with Crippen molar-refractivity contribution in [2.75, 3.05) is 0 Å². The minimum atomic E-state index is -1.39. The Bertz CT molecular complexity index is 5110. The van der Waals surface area contributed by atoms with Crippen molar-refractivity contribution in [3.05, 3.63) is 535 Å². The Kier molecular flexibility index (Phi) is 34.7. The van der Waals surface area contributed by atoms with Crippen molar-refractivity contribution >= 4 is 131 Å². The zero-order valence-corrected chi connectivity index (χ0v) is 73.2. The Balaban J connectivity index is 0.000000129. The zero-order valence-electron chi connectivity index (χ0n) is 65.9. The monoisotopic (exact) mass is 1830 g/mol. The quantitative estimate of drug-likeness (QED) is 0.0647. The predicted molar refractivity (Wildman–Crippen MR) is 531 cm³/mol. The van der Waals surface area contributed by atoms with E-state index in [0.29, 0.717) is 5.46 Å². The largest absolute Gasteiger partial charge is 0.488 e. The van der Waals surface area contributed by atoms with Gasteiger partial charge in [0.1, 0.15) is 0 Å². The average Bonchev–Trinajstić information content (AvgIpc) is 1.63. The first-order valence-corrected chi connectivity index (χ1v) is 46.2. The first-order chi connectivity index (χ1) is 58.4. The summed E-state index contributed by atoms with van der Waals surface area (Å²) in [4.78, 5) is 0.